The molecule has 2 aliphatic rings. The van der Waals surface area contributed by atoms with Gasteiger partial charge in [0.25, 0.3) is 0 Å². The summed E-state index contributed by atoms with van der Waals surface area (Å²) < 4.78 is 0. The van der Waals surface area contributed by atoms with Crippen LogP contribution < -0.4 is 10.6 Å². The molecule has 1 amide bonds. The highest BCUT2D eigenvalue weighted by molar-refractivity contribution is 5.78. The quantitative estimate of drug-likeness (QED) is 0.656. The molecule has 5 heteroatoms. The molecule has 1 heterocycles. The molecule has 19 heavy (non-hydrogen) atoms. The normalized spacial score (nSPS) is 23.1. The van der Waals surface area contributed by atoms with E-state index in [0.717, 1.165) is 19.6 Å². The van der Waals surface area contributed by atoms with Crippen molar-refractivity contribution < 1.29 is 4.79 Å². The Morgan fingerprint density at radius 2 is 2.26 bits per heavy atom. The summed E-state index contributed by atoms with van der Waals surface area (Å²) in [7, 11) is 0. The van der Waals surface area contributed by atoms with Gasteiger partial charge in [0, 0.05) is 19.1 Å². The van der Waals surface area contributed by atoms with Gasteiger partial charge >= 0.3 is 0 Å². The predicted molar refractivity (Wildman–Crippen MR) is 73.4 cm³/mol. The zero-order valence-electron chi connectivity index (χ0n) is 11.5. The Morgan fingerprint density at radius 1 is 1.42 bits per heavy atom. The van der Waals surface area contributed by atoms with Gasteiger partial charge in [-0.25, -0.2) is 0 Å². The van der Waals surface area contributed by atoms with Crippen molar-refractivity contribution in [3.63, 3.8) is 0 Å². The van der Waals surface area contributed by atoms with Crippen LogP contribution in [-0.2, 0) is 4.79 Å². The van der Waals surface area contributed by atoms with Crippen LogP contribution in [0.15, 0.2) is 0 Å². The molecule has 2 N–H and O–H groups in total. The molecule has 0 aromatic rings. The van der Waals surface area contributed by atoms with Gasteiger partial charge in [-0.05, 0) is 44.7 Å². The molecule has 0 spiro atoms. The van der Waals surface area contributed by atoms with E-state index in [1.165, 1.54) is 25.7 Å². The first-order valence-electron chi connectivity index (χ1n) is 7.38. The van der Waals surface area contributed by atoms with E-state index in [0.29, 0.717) is 31.5 Å². The highest BCUT2D eigenvalue weighted by Gasteiger charge is 2.31. The van der Waals surface area contributed by atoms with E-state index in [1.54, 1.807) is 0 Å². The van der Waals surface area contributed by atoms with Gasteiger partial charge in [-0.15, -0.1) is 0 Å². The van der Waals surface area contributed by atoms with Crippen LogP contribution in [-0.4, -0.2) is 49.6 Å². The van der Waals surface area contributed by atoms with Crippen LogP contribution >= 0.6 is 0 Å². The van der Waals surface area contributed by atoms with E-state index in [-0.39, 0.29) is 5.91 Å². The molecular formula is C14H24N4O. The fourth-order valence-electron chi connectivity index (χ4n) is 2.69. The van der Waals surface area contributed by atoms with E-state index in [1.807, 2.05) is 6.07 Å². The Kier molecular flexibility index (Phi) is 5.62. The molecule has 1 saturated heterocycles. The average Bonchev–Trinajstić information content (AvgIpc) is 3.24. The predicted octanol–water partition coefficient (Wildman–Crippen LogP) is 0.480. The Labute approximate surface area is 115 Å². The fourth-order valence-corrected chi connectivity index (χ4v) is 2.69. The minimum Gasteiger partial charge on any atom is -0.354 e. The first-order chi connectivity index (χ1) is 9.29. The summed E-state index contributed by atoms with van der Waals surface area (Å²) in [5.41, 5.74) is 0. The van der Waals surface area contributed by atoms with Crippen LogP contribution in [0.25, 0.3) is 0 Å². The van der Waals surface area contributed by atoms with Crippen molar-refractivity contribution in [2.45, 2.75) is 38.1 Å². The van der Waals surface area contributed by atoms with Crippen molar-refractivity contribution in [2.75, 3.05) is 32.7 Å². The van der Waals surface area contributed by atoms with Gasteiger partial charge < -0.3 is 10.6 Å². The largest absolute Gasteiger partial charge is 0.354 e. The SMILES string of the molecule is N#CCCNC(=O)CN(CC1CCCNC1)C1CC1. The van der Waals surface area contributed by atoms with Crippen LogP contribution in [0.4, 0.5) is 0 Å². The number of piperidine rings is 1. The van der Waals surface area contributed by atoms with E-state index >= 15 is 0 Å². The number of hydrogen-bond donors (Lipinski definition) is 2. The third-order valence-corrected chi connectivity index (χ3v) is 3.86. The maximum Gasteiger partial charge on any atom is 0.234 e. The van der Waals surface area contributed by atoms with E-state index < -0.39 is 0 Å². The van der Waals surface area contributed by atoms with Crippen LogP contribution in [0.5, 0.6) is 0 Å². The molecule has 1 atom stereocenters. The number of nitrogens with one attached hydrogen (secondary N) is 2. The maximum absolute atomic E-state index is 11.8. The van der Waals surface area contributed by atoms with Gasteiger partial charge in [0.1, 0.15) is 0 Å². The van der Waals surface area contributed by atoms with Crippen molar-refractivity contribution in [1.82, 2.24) is 15.5 Å². The number of amides is 1. The maximum atomic E-state index is 11.8. The molecule has 1 saturated carbocycles. The second-order valence-electron chi connectivity index (χ2n) is 5.63. The van der Waals surface area contributed by atoms with Gasteiger partial charge in [0.05, 0.1) is 19.0 Å². The van der Waals surface area contributed by atoms with Crippen LogP contribution in [0.1, 0.15) is 32.1 Å². The first kappa shape index (κ1) is 14.3. The summed E-state index contributed by atoms with van der Waals surface area (Å²) in [5, 5.41) is 14.7. The molecule has 0 radical (unpaired) electrons. The molecule has 0 aromatic heterocycles. The lowest BCUT2D eigenvalue weighted by Gasteiger charge is -2.29. The smallest absolute Gasteiger partial charge is 0.234 e. The highest BCUT2D eigenvalue weighted by Crippen LogP contribution is 2.28. The molecule has 2 fully saturated rings. The van der Waals surface area contributed by atoms with E-state index in [9.17, 15) is 4.79 Å². The third kappa shape index (κ3) is 5.17. The molecule has 0 bridgehead atoms. The molecular weight excluding hydrogens is 240 g/mol. The molecule has 1 aliphatic heterocycles. The van der Waals surface area contributed by atoms with Gasteiger partial charge in [-0.2, -0.15) is 5.26 Å². The topological polar surface area (TPSA) is 68.2 Å². The van der Waals surface area contributed by atoms with Gasteiger partial charge in [0.2, 0.25) is 5.91 Å². The number of hydrogen-bond acceptors (Lipinski definition) is 4. The Bertz CT molecular complexity index is 329. The molecule has 1 aliphatic carbocycles. The van der Waals surface area contributed by atoms with Crippen LogP contribution in [0.2, 0.25) is 0 Å². The average molecular weight is 264 g/mol. The van der Waals surface area contributed by atoms with Crippen molar-refractivity contribution >= 4 is 5.91 Å². The summed E-state index contributed by atoms with van der Waals surface area (Å²) in [5.74, 6) is 0.743. The number of rotatable bonds is 7. The number of nitrogens with zero attached hydrogens (tertiary/aromatic N) is 2. The number of nitriles is 1. The summed E-state index contributed by atoms with van der Waals surface area (Å²) in [6.45, 7) is 4.21. The van der Waals surface area contributed by atoms with Crippen LogP contribution in [0, 0.1) is 17.2 Å². The Balaban J connectivity index is 1.72. The highest BCUT2D eigenvalue weighted by atomic mass is 16.2. The molecule has 1 unspecified atom stereocenters. The van der Waals surface area contributed by atoms with Gasteiger partial charge in [-0.1, -0.05) is 0 Å². The fraction of sp³-hybridized carbons (Fsp3) is 0.857. The zero-order chi connectivity index (χ0) is 13.5. The van der Waals surface area contributed by atoms with Crippen molar-refractivity contribution in [1.29, 1.82) is 5.26 Å². The molecule has 2 rings (SSSR count). The Hall–Kier alpha value is -1.12. The first-order valence-corrected chi connectivity index (χ1v) is 7.38. The van der Waals surface area contributed by atoms with Gasteiger partial charge in [-0.3, -0.25) is 9.69 Å². The molecule has 0 aromatic carbocycles. The summed E-state index contributed by atoms with van der Waals surface area (Å²) >= 11 is 0. The minimum atomic E-state index is 0.0610. The second kappa shape index (κ2) is 7.46. The van der Waals surface area contributed by atoms with E-state index in [4.69, 9.17) is 5.26 Å². The number of carbonyl (C=O) groups excluding carboxylic acids is 1. The number of carbonyl (C=O) groups is 1. The lowest BCUT2D eigenvalue weighted by molar-refractivity contribution is -0.122. The third-order valence-electron chi connectivity index (χ3n) is 3.86. The van der Waals surface area contributed by atoms with E-state index in [2.05, 4.69) is 15.5 Å². The summed E-state index contributed by atoms with van der Waals surface area (Å²) in [6.07, 6.45) is 5.36. The summed E-state index contributed by atoms with van der Waals surface area (Å²) in [6, 6.07) is 2.66. The zero-order valence-corrected chi connectivity index (χ0v) is 11.5. The van der Waals surface area contributed by atoms with Crippen molar-refractivity contribution in [3.8, 4) is 6.07 Å². The molecule has 5 nitrogen and oxygen atoms in total. The summed E-state index contributed by atoms with van der Waals surface area (Å²) in [4.78, 5) is 14.2. The second-order valence-corrected chi connectivity index (χ2v) is 5.63. The Morgan fingerprint density at radius 3 is 2.89 bits per heavy atom. The van der Waals surface area contributed by atoms with Crippen molar-refractivity contribution in [2.24, 2.45) is 5.92 Å². The minimum absolute atomic E-state index is 0.0610. The lowest BCUT2D eigenvalue weighted by Crippen LogP contribution is -2.44. The standard InChI is InChI=1S/C14H24N4O/c15-6-2-8-17-14(19)11-18(13-4-5-13)10-12-3-1-7-16-9-12/h12-13,16H,1-5,7-11H2,(H,17,19). The monoisotopic (exact) mass is 264 g/mol. The van der Waals surface area contributed by atoms with Gasteiger partial charge in [0.15, 0.2) is 0 Å². The lowest BCUT2D eigenvalue weighted by atomic mass is 9.99. The van der Waals surface area contributed by atoms with Crippen LogP contribution in [0.3, 0.4) is 0 Å². The molecule has 106 valence electrons. The van der Waals surface area contributed by atoms with Crippen molar-refractivity contribution in [3.05, 3.63) is 0 Å².